The molecule has 0 atom stereocenters. The lowest BCUT2D eigenvalue weighted by Gasteiger charge is -2.22. The average molecular weight is 366 g/mol. The molecule has 3 rings (SSSR count). The van der Waals surface area contributed by atoms with Crippen molar-refractivity contribution in [1.29, 1.82) is 0 Å². The van der Waals surface area contributed by atoms with Crippen molar-refractivity contribution in [2.24, 2.45) is 0 Å². The normalized spacial score (nSPS) is 14.6. The summed E-state index contributed by atoms with van der Waals surface area (Å²) in [4.78, 5) is 14.8. The molecule has 1 fully saturated rings. The highest BCUT2D eigenvalue weighted by Crippen LogP contribution is 2.32. The van der Waals surface area contributed by atoms with Crippen molar-refractivity contribution in [3.63, 3.8) is 0 Å². The number of rotatable bonds is 6. The van der Waals surface area contributed by atoms with Gasteiger partial charge in [-0.25, -0.2) is 4.79 Å². The summed E-state index contributed by atoms with van der Waals surface area (Å²) >= 11 is 5.29. The molecule has 0 radical (unpaired) electrons. The zero-order valence-corrected chi connectivity index (χ0v) is 13.9. The van der Waals surface area contributed by atoms with Gasteiger partial charge in [-0.15, -0.1) is 11.3 Å². The standard InChI is InChI=1S/C16H16BrNO2S/c17-15-8-11(16(19)20)3-4-12(15)9-18(13-5-6-13)10-14-2-1-7-21-14/h1-4,7-8,13H,5-6,9-10H2,(H,19,20). The van der Waals surface area contributed by atoms with E-state index in [1.54, 1.807) is 23.5 Å². The second-order valence-electron chi connectivity index (χ2n) is 5.33. The van der Waals surface area contributed by atoms with E-state index in [4.69, 9.17) is 5.11 Å². The number of halogens is 1. The Labute approximate surface area is 136 Å². The van der Waals surface area contributed by atoms with Crippen LogP contribution in [0, 0.1) is 0 Å². The fourth-order valence-electron chi connectivity index (χ4n) is 2.38. The Balaban J connectivity index is 1.75. The van der Waals surface area contributed by atoms with Crippen LogP contribution < -0.4 is 0 Å². The summed E-state index contributed by atoms with van der Waals surface area (Å²) in [6, 6.07) is 10.2. The van der Waals surface area contributed by atoms with Gasteiger partial charge in [0, 0.05) is 28.5 Å². The van der Waals surface area contributed by atoms with Crippen molar-refractivity contribution in [2.75, 3.05) is 0 Å². The summed E-state index contributed by atoms with van der Waals surface area (Å²) < 4.78 is 0.874. The maximum atomic E-state index is 11.0. The summed E-state index contributed by atoms with van der Waals surface area (Å²) in [7, 11) is 0. The first-order chi connectivity index (χ1) is 10.1. The Bertz CT molecular complexity index is 638. The summed E-state index contributed by atoms with van der Waals surface area (Å²) in [5.41, 5.74) is 1.46. The lowest BCUT2D eigenvalue weighted by atomic mass is 10.1. The molecule has 1 heterocycles. The van der Waals surface area contributed by atoms with Crippen LogP contribution in [-0.2, 0) is 13.1 Å². The largest absolute Gasteiger partial charge is 0.478 e. The maximum absolute atomic E-state index is 11.0. The highest BCUT2D eigenvalue weighted by Gasteiger charge is 2.29. The third-order valence-corrected chi connectivity index (χ3v) is 5.28. The molecule has 1 aromatic heterocycles. The third kappa shape index (κ3) is 3.73. The van der Waals surface area contributed by atoms with Crippen molar-refractivity contribution in [2.45, 2.75) is 32.0 Å². The van der Waals surface area contributed by atoms with Crippen molar-refractivity contribution in [1.82, 2.24) is 4.90 Å². The first kappa shape index (κ1) is 14.8. The van der Waals surface area contributed by atoms with Gasteiger partial charge in [0.25, 0.3) is 0 Å². The van der Waals surface area contributed by atoms with E-state index in [-0.39, 0.29) is 0 Å². The van der Waals surface area contributed by atoms with Crippen molar-refractivity contribution in [3.8, 4) is 0 Å². The molecule has 0 spiro atoms. The van der Waals surface area contributed by atoms with Gasteiger partial charge in [0.15, 0.2) is 0 Å². The van der Waals surface area contributed by atoms with Gasteiger partial charge in [-0.3, -0.25) is 4.90 Å². The highest BCUT2D eigenvalue weighted by molar-refractivity contribution is 9.10. The van der Waals surface area contributed by atoms with Gasteiger partial charge in [-0.2, -0.15) is 0 Å². The third-order valence-electron chi connectivity index (χ3n) is 3.68. The zero-order valence-electron chi connectivity index (χ0n) is 11.5. The minimum atomic E-state index is -0.889. The van der Waals surface area contributed by atoms with Crippen LogP contribution in [-0.4, -0.2) is 22.0 Å². The molecule has 1 aliphatic carbocycles. The molecule has 0 unspecified atom stereocenters. The summed E-state index contributed by atoms with van der Waals surface area (Å²) in [5.74, 6) is -0.889. The molecular formula is C16H16BrNO2S. The minimum Gasteiger partial charge on any atom is -0.478 e. The first-order valence-corrected chi connectivity index (χ1v) is 8.59. The second-order valence-corrected chi connectivity index (χ2v) is 7.21. The number of thiophene rings is 1. The molecule has 1 saturated carbocycles. The predicted octanol–water partition coefficient (Wildman–Crippen LogP) is 4.37. The molecule has 2 aromatic rings. The van der Waals surface area contributed by atoms with Gasteiger partial charge in [0.05, 0.1) is 5.56 Å². The van der Waals surface area contributed by atoms with Crippen LogP contribution in [0.15, 0.2) is 40.2 Å². The van der Waals surface area contributed by atoms with E-state index in [0.29, 0.717) is 11.6 Å². The maximum Gasteiger partial charge on any atom is 0.335 e. The van der Waals surface area contributed by atoms with E-state index >= 15 is 0 Å². The second kappa shape index (κ2) is 6.30. The first-order valence-electron chi connectivity index (χ1n) is 6.91. The van der Waals surface area contributed by atoms with E-state index in [1.165, 1.54) is 17.7 Å². The molecule has 1 aliphatic rings. The van der Waals surface area contributed by atoms with Gasteiger partial charge in [-0.1, -0.05) is 28.1 Å². The van der Waals surface area contributed by atoms with E-state index in [0.717, 1.165) is 23.1 Å². The smallest absolute Gasteiger partial charge is 0.335 e. The van der Waals surface area contributed by atoms with E-state index in [2.05, 4.69) is 38.3 Å². The number of hydrogen-bond acceptors (Lipinski definition) is 3. The van der Waals surface area contributed by atoms with Crippen LogP contribution in [0.1, 0.15) is 33.6 Å². The number of benzene rings is 1. The fraction of sp³-hybridized carbons (Fsp3) is 0.312. The molecule has 0 saturated heterocycles. The molecule has 1 N–H and O–H groups in total. The molecule has 0 aliphatic heterocycles. The van der Waals surface area contributed by atoms with Crippen LogP contribution in [0.4, 0.5) is 0 Å². The quantitative estimate of drug-likeness (QED) is 0.825. The number of carboxylic acid groups (broad SMARTS) is 1. The highest BCUT2D eigenvalue weighted by atomic mass is 79.9. The van der Waals surface area contributed by atoms with Crippen LogP contribution in [0.25, 0.3) is 0 Å². The molecule has 110 valence electrons. The van der Waals surface area contributed by atoms with E-state index in [1.807, 2.05) is 6.07 Å². The number of carboxylic acids is 1. The lowest BCUT2D eigenvalue weighted by molar-refractivity contribution is 0.0697. The lowest BCUT2D eigenvalue weighted by Crippen LogP contribution is -2.24. The predicted molar refractivity (Wildman–Crippen MR) is 87.7 cm³/mol. The van der Waals surface area contributed by atoms with E-state index < -0.39 is 5.97 Å². The van der Waals surface area contributed by atoms with Gasteiger partial charge in [-0.05, 0) is 42.0 Å². The van der Waals surface area contributed by atoms with Crippen LogP contribution in [0.5, 0.6) is 0 Å². The molecular weight excluding hydrogens is 350 g/mol. The number of carbonyl (C=O) groups is 1. The minimum absolute atomic E-state index is 0.321. The van der Waals surface area contributed by atoms with Gasteiger partial charge >= 0.3 is 5.97 Å². The van der Waals surface area contributed by atoms with Crippen LogP contribution in [0.3, 0.4) is 0 Å². The molecule has 3 nitrogen and oxygen atoms in total. The Hall–Kier alpha value is -1.17. The zero-order chi connectivity index (χ0) is 14.8. The topological polar surface area (TPSA) is 40.5 Å². The van der Waals surface area contributed by atoms with Gasteiger partial charge in [0.2, 0.25) is 0 Å². The summed E-state index contributed by atoms with van der Waals surface area (Å²) in [5, 5.41) is 11.1. The molecule has 0 amide bonds. The van der Waals surface area contributed by atoms with Crippen molar-refractivity contribution in [3.05, 3.63) is 56.2 Å². The fourth-order valence-corrected chi connectivity index (χ4v) is 3.62. The van der Waals surface area contributed by atoms with Gasteiger partial charge < -0.3 is 5.11 Å². The average Bonchev–Trinajstić information content (AvgIpc) is 3.18. The van der Waals surface area contributed by atoms with Gasteiger partial charge in [0.1, 0.15) is 0 Å². The van der Waals surface area contributed by atoms with Crippen LogP contribution >= 0.6 is 27.3 Å². The monoisotopic (exact) mass is 365 g/mol. The van der Waals surface area contributed by atoms with E-state index in [9.17, 15) is 4.79 Å². The molecule has 0 bridgehead atoms. The molecule has 21 heavy (non-hydrogen) atoms. The molecule has 5 heteroatoms. The number of nitrogens with zero attached hydrogens (tertiary/aromatic N) is 1. The number of hydrogen-bond donors (Lipinski definition) is 1. The van der Waals surface area contributed by atoms with Crippen molar-refractivity contribution >= 4 is 33.2 Å². The SMILES string of the molecule is O=C(O)c1ccc(CN(Cc2cccs2)C2CC2)c(Br)c1. The Morgan fingerprint density at radius 3 is 2.71 bits per heavy atom. The number of aromatic carboxylic acids is 1. The van der Waals surface area contributed by atoms with Crippen LogP contribution in [0.2, 0.25) is 0 Å². The molecule has 1 aromatic carbocycles. The Morgan fingerprint density at radius 1 is 1.33 bits per heavy atom. The Morgan fingerprint density at radius 2 is 2.14 bits per heavy atom. The summed E-state index contributed by atoms with van der Waals surface area (Å²) in [6.45, 7) is 1.82. The Kier molecular flexibility index (Phi) is 4.42. The summed E-state index contributed by atoms with van der Waals surface area (Å²) in [6.07, 6.45) is 2.52. The van der Waals surface area contributed by atoms with Crippen molar-refractivity contribution < 1.29 is 9.90 Å².